The fraction of sp³-hybridized carbons (Fsp3) is 0.647. The van der Waals surface area contributed by atoms with Gasteiger partial charge in [-0.25, -0.2) is 0 Å². The predicted octanol–water partition coefficient (Wildman–Crippen LogP) is 3.01. The Balaban J connectivity index is 1.64. The average molecular weight is 293 g/mol. The molecule has 1 aromatic carbocycles. The van der Waals surface area contributed by atoms with Crippen LogP contribution in [0.2, 0.25) is 0 Å². The van der Waals surface area contributed by atoms with Gasteiger partial charge in [-0.05, 0) is 31.4 Å². The SMILES string of the molecule is CCCCOc1ccccc1OCCNCC1CCCO1. The van der Waals surface area contributed by atoms with Gasteiger partial charge in [-0.2, -0.15) is 0 Å². The molecule has 1 saturated heterocycles. The van der Waals surface area contributed by atoms with E-state index in [0.717, 1.165) is 50.6 Å². The number of nitrogens with one attached hydrogen (secondary N) is 1. The van der Waals surface area contributed by atoms with Crippen LogP contribution in [0.1, 0.15) is 32.6 Å². The Morgan fingerprint density at radius 1 is 1.19 bits per heavy atom. The van der Waals surface area contributed by atoms with Crippen molar-refractivity contribution in [2.75, 3.05) is 32.9 Å². The van der Waals surface area contributed by atoms with Gasteiger partial charge in [0.1, 0.15) is 6.61 Å². The molecular weight excluding hydrogens is 266 g/mol. The summed E-state index contributed by atoms with van der Waals surface area (Å²) in [6.07, 6.45) is 4.94. The quantitative estimate of drug-likeness (QED) is 0.673. The Kier molecular flexibility index (Phi) is 7.39. The predicted molar refractivity (Wildman–Crippen MR) is 84.2 cm³/mol. The zero-order chi connectivity index (χ0) is 14.8. The Hall–Kier alpha value is -1.26. The van der Waals surface area contributed by atoms with Crippen molar-refractivity contribution < 1.29 is 14.2 Å². The minimum atomic E-state index is 0.384. The molecule has 1 aliphatic rings. The maximum absolute atomic E-state index is 5.80. The van der Waals surface area contributed by atoms with Gasteiger partial charge < -0.3 is 19.5 Å². The number of rotatable bonds is 10. The smallest absolute Gasteiger partial charge is 0.161 e. The summed E-state index contributed by atoms with van der Waals surface area (Å²) in [6, 6.07) is 7.87. The van der Waals surface area contributed by atoms with Gasteiger partial charge in [-0.3, -0.25) is 0 Å². The lowest BCUT2D eigenvalue weighted by Gasteiger charge is -2.14. The van der Waals surface area contributed by atoms with Gasteiger partial charge in [0.25, 0.3) is 0 Å². The lowest BCUT2D eigenvalue weighted by Crippen LogP contribution is -2.29. The van der Waals surface area contributed by atoms with Gasteiger partial charge in [0.2, 0.25) is 0 Å². The Morgan fingerprint density at radius 3 is 2.62 bits per heavy atom. The standard InChI is InChI=1S/C17H27NO3/c1-2-3-11-20-16-8-4-5-9-17(16)21-13-10-18-14-15-7-6-12-19-15/h4-5,8-9,15,18H,2-3,6-7,10-14H2,1H3. The van der Waals surface area contributed by atoms with E-state index in [2.05, 4.69) is 12.2 Å². The van der Waals surface area contributed by atoms with E-state index in [4.69, 9.17) is 14.2 Å². The molecule has 1 atom stereocenters. The van der Waals surface area contributed by atoms with Crippen molar-refractivity contribution in [1.29, 1.82) is 0 Å². The second-order valence-corrected chi connectivity index (χ2v) is 5.34. The van der Waals surface area contributed by atoms with E-state index in [9.17, 15) is 0 Å². The first-order valence-corrected chi connectivity index (χ1v) is 8.07. The number of hydrogen-bond acceptors (Lipinski definition) is 4. The molecule has 0 saturated carbocycles. The molecule has 1 unspecified atom stereocenters. The zero-order valence-corrected chi connectivity index (χ0v) is 13.0. The van der Waals surface area contributed by atoms with E-state index >= 15 is 0 Å². The van der Waals surface area contributed by atoms with Gasteiger partial charge >= 0.3 is 0 Å². The van der Waals surface area contributed by atoms with Crippen molar-refractivity contribution in [3.8, 4) is 11.5 Å². The van der Waals surface area contributed by atoms with Crippen LogP contribution >= 0.6 is 0 Å². The molecule has 4 nitrogen and oxygen atoms in total. The fourth-order valence-corrected chi connectivity index (χ4v) is 2.32. The summed E-state index contributed by atoms with van der Waals surface area (Å²) in [5, 5.41) is 3.38. The Morgan fingerprint density at radius 2 is 1.95 bits per heavy atom. The molecule has 0 amide bonds. The topological polar surface area (TPSA) is 39.7 Å². The van der Waals surface area contributed by atoms with Crippen molar-refractivity contribution in [3.05, 3.63) is 24.3 Å². The molecule has 1 aliphatic heterocycles. The van der Waals surface area contributed by atoms with Crippen molar-refractivity contribution in [2.24, 2.45) is 0 Å². The summed E-state index contributed by atoms with van der Waals surface area (Å²) in [7, 11) is 0. The third kappa shape index (κ3) is 5.94. The minimum Gasteiger partial charge on any atom is -0.490 e. The number of para-hydroxylation sites is 2. The largest absolute Gasteiger partial charge is 0.490 e. The van der Waals surface area contributed by atoms with Crippen LogP contribution in [0.5, 0.6) is 11.5 Å². The number of benzene rings is 1. The van der Waals surface area contributed by atoms with Crippen LogP contribution in [0.25, 0.3) is 0 Å². The summed E-state index contributed by atoms with van der Waals surface area (Å²) in [5.74, 6) is 1.66. The van der Waals surface area contributed by atoms with E-state index in [1.54, 1.807) is 0 Å². The van der Waals surface area contributed by atoms with E-state index in [0.29, 0.717) is 12.7 Å². The van der Waals surface area contributed by atoms with Crippen molar-refractivity contribution in [2.45, 2.75) is 38.7 Å². The summed E-state index contributed by atoms with van der Waals surface area (Å²) in [6.45, 7) is 6.19. The molecule has 1 aromatic rings. The van der Waals surface area contributed by atoms with E-state index < -0.39 is 0 Å². The summed E-state index contributed by atoms with van der Waals surface area (Å²) in [5.41, 5.74) is 0. The molecule has 0 radical (unpaired) electrons. The van der Waals surface area contributed by atoms with Crippen LogP contribution in [0.15, 0.2) is 24.3 Å². The first-order chi connectivity index (χ1) is 10.4. The summed E-state index contributed by atoms with van der Waals surface area (Å²) < 4.78 is 17.1. The molecule has 2 rings (SSSR count). The van der Waals surface area contributed by atoms with Gasteiger partial charge in [0.05, 0.1) is 12.7 Å². The number of ether oxygens (including phenoxy) is 3. The summed E-state index contributed by atoms with van der Waals surface area (Å²) in [4.78, 5) is 0. The van der Waals surface area contributed by atoms with Crippen molar-refractivity contribution in [3.63, 3.8) is 0 Å². The molecule has 1 N–H and O–H groups in total. The molecule has 21 heavy (non-hydrogen) atoms. The molecule has 4 heteroatoms. The van der Waals surface area contributed by atoms with Gasteiger partial charge in [-0.15, -0.1) is 0 Å². The van der Waals surface area contributed by atoms with Crippen LogP contribution < -0.4 is 14.8 Å². The lowest BCUT2D eigenvalue weighted by atomic mass is 10.2. The van der Waals surface area contributed by atoms with Crippen molar-refractivity contribution in [1.82, 2.24) is 5.32 Å². The third-order valence-corrected chi connectivity index (χ3v) is 3.54. The lowest BCUT2D eigenvalue weighted by molar-refractivity contribution is 0.109. The highest BCUT2D eigenvalue weighted by Crippen LogP contribution is 2.26. The molecular formula is C17H27NO3. The molecule has 0 aromatic heterocycles. The van der Waals surface area contributed by atoms with Crippen LogP contribution in [0, 0.1) is 0 Å². The first kappa shape index (κ1) is 16.1. The van der Waals surface area contributed by atoms with Gasteiger partial charge in [-0.1, -0.05) is 25.5 Å². The third-order valence-electron chi connectivity index (χ3n) is 3.54. The van der Waals surface area contributed by atoms with Crippen LogP contribution in [-0.2, 0) is 4.74 Å². The molecule has 1 fully saturated rings. The van der Waals surface area contributed by atoms with E-state index in [1.165, 1.54) is 12.8 Å². The highest BCUT2D eigenvalue weighted by atomic mass is 16.5. The molecule has 1 heterocycles. The highest BCUT2D eigenvalue weighted by molar-refractivity contribution is 5.39. The molecule has 0 aliphatic carbocycles. The minimum absolute atomic E-state index is 0.384. The van der Waals surface area contributed by atoms with Crippen LogP contribution in [0.3, 0.4) is 0 Å². The molecule has 0 bridgehead atoms. The van der Waals surface area contributed by atoms with Gasteiger partial charge in [0, 0.05) is 19.7 Å². The maximum atomic E-state index is 5.80. The number of hydrogen-bond donors (Lipinski definition) is 1. The van der Waals surface area contributed by atoms with Crippen molar-refractivity contribution >= 4 is 0 Å². The Labute approximate surface area is 127 Å². The van der Waals surface area contributed by atoms with E-state index in [1.807, 2.05) is 24.3 Å². The highest BCUT2D eigenvalue weighted by Gasteiger charge is 2.14. The van der Waals surface area contributed by atoms with Crippen LogP contribution in [-0.4, -0.2) is 39.0 Å². The van der Waals surface area contributed by atoms with Gasteiger partial charge in [0.15, 0.2) is 11.5 Å². The molecule has 118 valence electrons. The second kappa shape index (κ2) is 9.64. The normalized spacial score (nSPS) is 17.9. The molecule has 0 spiro atoms. The van der Waals surface area contributed by atoms with E-state index in [-0.39, 0.29) is 0 Å². The number of unbranched alkanes of at least 4 members (excludes halogenated alkanes) is 1. The Bertz CT molecular complexity index is 391. The average Bonchev–Trinajstić information content (AvgIpc) is 3.02. The summed E-state index contributed by atoms with van der Waals surface area (Å²) >= 11 is 0. The second-order valence-electron chi connectivity index (χ2n) is 5.34. The zero-order valence-electron chi connectivity index (χ0n) is 13.0. The van der Waals surface area contributed by atoms with Crippen LogP contribution in [0.4, 0.5) is 0 Å². The monoisotopic (exact) mass is 293 g/mol. The maximum Gasteiger partial charge on any atom is 0.161 e. The first-order valence-electron chi connectivity index (χ1n) is 8.07. The fourth-order valence-electron chi connectivity index (χ4n) is 2.32.